The van der Waals surface area contributed by atoms with E-state index >= 15 is 0 Å². The molecule has 154 valence electrons. The molecule has 0 saturated carbocycles. The molecule has 0 heterocycles. The Kier molecular flexibility index (Phi) is 6.70. The summed E-state index contributed by atoms with van der Waals surface area (Å²) < 4.78 is 15.8. The molecule has 3 aromatic rings. The molecule has 0 spiro atoms. The van der Waals surface area contributed by atoms with Crippen LogP contribution < -0.4 is 14.8 Å². The van der Waals surface area contributed by atoms with Gasteiger partial charge in [0.15, 0.2) is 17.6 Å². The molecule has 6 heteroatoms. The number of para-hydroxylation sites is 1. The van der Waals surface area contributed by atoms with Gasteiger partial charge in [-0.05, 0) is 36.8 Å². The number of esters is 1. The highest BCUT2D eigenvalue weighted by atomic mass is 16.5. The number of carbonyl (C=O) groups excluding carboxylic acids is 2. The van der Waals surface area contributed by atoms with Crippen molar-refractivity contribution in [3.8, 4) is 22.6 Å². The molecule has 1 N–H and O–H groups in total. The number of methoxy groups -OCH3 is 2. The molecule has 0 aromatic heterocycles. The van der Waals surface area contributed by atoms with E-state index in [1.807, 2.05) is 54.6 Å². The summed E-state index contributed by atoms with van der Waals surface area (Å²) in [6.07, 6.45) is -0.799. The van der Waals surface area contributed by atoms with E-state index in [0.717, 1.165) is 11.1 Å². The summed E-state index contributed by atoms with van der Waals surface area (Å²) in [6, 6.07) is 22.0. The van der Waals surface area contributed by atoms with E-state index in [9.17, 15) is 9.59 Å². The summed E-state index contributed by atoms with van der Waals surface area (Å²) in [4.78, 5) is 24.5. The Morgan fingerprint density at radius 1 is 0.867 bits per heavy atom. The van der Waals surface area contributed by atoms with Crippen LogP contribution in [0.4, 0.5) is 5.69 Å². The monoisotopic (exact) mass is 405 g/mol. The Morgan fingerprint density at radius 3 is 2.27 bits per heavy atom. The van der Waals surface area contributed by atoms with E-state index in [0.29, 0.717) is 22.7 Å². The molecular formula is C24H23NO5. The lowest BCUT2D eigenvalue weighted by molar-refractivity contribution is -0.122. The van der Waals surface area contributed by atoms with E-state index in [-0.39, 0.29) is 5.91 Å². The topological polar surface area (TPSA) is 73.9 Å². The van der Waals surface area contributed by atoms with Gasteiger partial charge in [-0.1, -0.05) is 48.5 Å². The summed E-state index contributed by atoms with van der Waals surface area (Å²) in [5, 5.41) is 2.93. The molecule has 1 amide bonds. The number of ether oxygens (including phenoxy) is 3. The Bertz CT molecular complexity index is 1030. The number of carbonyl (C=O) groups is 2. The maximum absolute atomic E-state index is 12.8. The van der Waals surface area contributed by atoms with E-state index in [1.165, 1.54) is 20.3 Å². The van der Waals surface area contributed by atoms with Gasteiger partial charge >= 0.3 is 5.97 Å². The smallest absolute Gasteiger partial charge is 0.337 e. The van der Waals surface area contributed by atoms with Crippen LogP contribution in [0.15, 0.2) is 72.8 Å². The molecule has 0 radical (unpaired) electrons. The summed E-state index contributed by atoms with van der Waals surface area (Å²) in [6.45, 7) is 1.65. The maximum Gasteiger partial charge on any atom is 0.337 e. The van der Waals surface area contributed by atoms with Gasteiger partial charge in [-0.3, -0.25) is 4.79 Å². The second kappa shape index (κ2) is 9.60. The van der Waals surface area contributed by atoms with Gasteiger partial charge < -0.3 is 19.5 Å². The first kappa shape index (κ1) is 20.9. The fourth-order valence-electron chi connectivity index (χ4n) is 2.95. The van der Waals surface area contributed by atoms with Gasteiger partial charge in [-0.2, -0.15) is 0 Å². The molecule has 0 aliphatic heterocycles. The van der Waals surface area contributed by atoms with Crippen LogP contribution in [-0.4, -0.2) is 32.2 Å². The van der Waals surface area contributed by atoms with Crippen molar-refractivity contribution in [3.63, 3.8) is 0 Å². The zero-order valence-electron chi connectivity index (χ0n) is 17.0. The Labute approximate surface area is 175 Å². The molecule has 0 fully saturated rings. The highest BCUT2D eigenvalue weighted by molar-refractivity contribution is 5.98. The van der Waals surface area contributed by atoms with Crippen LogP contribution in [0, 0.1) is 0 Å². The first-order chi connectivity index (χ1) is 14.5. The van der Waals surface area contributed by atoms with Crippen LogP contribution in [-0.2, 0) is 9.53 Å². The van der Waals surface area contributed by atoms with Crippen LogP contribution in [0.1, 0.15) is 17.3 Å². The van der Waals surface area contributed by atoms with Crippen LogP contribution in [0.5, 0.6) is 11.5 Å². The molecule has 0 unspecified atom stereocenters. The quantitative estimate of drug-likeness (QED) is 0.584. The molecular weight excluding hydrogens is 382 g/mol. The van der Waals surface area contributed by atoms with Crippen LogP contribution in [0.2, 0.25) is 0 Å². The van der Waals surface area contributed by atoms with Crippen molar-refractivity contribution in [2.45, 2.75) is 13.0 Å². The van der Waals surface area contributed by atoms with Crippen LogP contribution >= 0.6 is 0 Å². The van der Waals surface area contributed by atoms with E-state index in [4.69, 9.17) is 14.2 Å². The summed E-state index contributed by atoms with van der Waals surface area (Å²) >= 11 is 0. The minimum Gasteiger partial charge on any atom is -0.493 e. The number of anilines is 1. The first-order valence-electron chi connectivity index (χ1n) is 9.41. The van der Waals surface area contributed by atoms with E-state index in [2.05, 4.69) is 5.32 Å². The molecule has 0 aliphatic carbocycles. The minimum atomic E-state index is -0.799. The Balaban J connectivity index is 1.76. The first-order valence-corrected chi connectivity index (χ1v) is 9.41. The number of hydrogen-bond acceptors (Lipinski definition) is 5. The maximum atomic E-state index is 12.8. The van der Waals surface area contributed by atoms with Crippen molar-refractivity contribution in [1.82, 2.24) is 0 Å². The number of nitrogens with one attached hydrogen (secondary N) is 1. The number of hydrogen-bond donors (Lipinski definition) is 1. The lowest BCUT2D eigenvalue weighted by atomic mass is 10.0. The Hall–Kier alpha value is -3.80. The third-order valence-corrected chi connectivity index (χ3v) is 4.53. The fourth-order valence-corrected chi connectivity index (χ4v) is 2.95. The van der Waals surface area contributed by atoms with Gasteiger partial charge in [0.2, 0.25) is 0 Å². The largest absolute Gasteiger partial charge is 0.493 e. The molecule has 3 aromatic carbocycles. The lowest BCUT2D eigenvalue weighted by Gasteiger charge is -2.18. The average molecular weight is 405 g/mol. The van der Waals surface area contributed by atoms with Crippen molar-refractivity contribution in [3.05, 3.63) is 78.4 Å². The summed E-state index contributed by atoms with van der Waals surface area (Å²) in [7, 11) is 2.77. The predicted molar refractivity (Wildman–Crippen MR) is 115 cm³/mol. The summed E-state index contributed by atoms with van der Waals surface area (Å²) in [5.41, 5.74) is 2.94. The highest BCUT2D eigenvalue weighted by Crippen LogP contribution is 2.30. The summed E-state index contributed by atoms with van der Waals surface area (Å²) in [5.74, 6) is -0.105. The zero-order chi connectivity index (χ0) is 21.5. The molecule has 1 atom stereocenters. The minimum absolute atomic E-state index is 0.308. The number of rotatable bonds is 7. The van der Waals surface area contributed by atoms with Crippen molar-refractivity contribution < 1.29 is 23.8 Å². The average Bonchev–Trinajstić information content (AvgIpc) is 2.79. The van der Waals surface area contributed by atoms with Gasteiger partial charge in [0.05, 0.1) is 19.8 Å². The number of amides is 1. The second-order valence-electron chi connectivity index (χ2n) is 6.52. The zero-order valence-corrected chi connectivity index (χ0v) is 17.0. The third kappa shape index (κ3) is 4.78. The van der Waals surface area contributed by atoms with Gasteiger partial charge in [0.1, 0.15) is 0 Å². The SMILES string of the molecule is COC(=O)c1ccc(O[C@H](C)C(=O)Nc2ccccc2-c2ccccc2)c(OC)c1. The van der Waals surface area contributed by atoms with Gasteiger partial charge in [-0.25, -0.2) is 4.79 Å². The highest BCUT2D eigenvalue weighted by Gasteiger charge is 2.19. The van der Waals surface area contributed by atoms with Crippen molar-refractivity contribution in [2.75, 3.05) is 19.5 Å². The normalized spacial score (nSPS) is 11.3. The lowest BCUT2D eigenvalue weighted by Crippen LogP contribution is -2.30. The fraction of sp³-hybridized carbons (Fsp3) is 0.167. The Morgan fingerprint density at radius 2 is 1.57 bits per heavy atom. The van der Waals surface area contributed by atoms with Gasteiger partial charge in [0, 0.05) is 11.3 Å². The number of benzene rings is 3. The molecule has 6 nitrogen and oxygen atoms in total. The predicted octanol–water partition coefficient (Wildman–Crippen LogP) is 4.55. The van der Waals surface area contributed by atoms with Crippen molar-refractivity contribution in [1.29, 1.82) is 0 Å². The van der Waals surface area contributed by atoms with E-state index in [1.54, 1.807) is 19.1 Å². The molecule has 0 aliphatic rings. The molecule has 0 bridgehead atoms. The third-order valence-electron chi connectivity index (χ3n) is 4.53. The van der Waals surface area contributed by atoms with Crippen molar-refractivity contribution >= 4 is 17.6 Å². The molecule has 0 saturated heterocycles. The standard InChI is InChI=1S/C24H23NO5/c1-16(30-21-14-13-18(24(27)29-3)15-22(21)28-2)23(26)25-20-12-8-7-11-19(20)17-9-5-4-6-10-17/h4-16H,1-3H3,(H,25,26)/t16-/m1/s1. The second-order valence-corrected chi connectivity index (χ2v) is 6.52. The van der Waals surface area contributed by atoms with Crippen molar-refractivity contribution in [2.24, 2.45) is 0 Å². The van der Waals surface area contributed by atoms with Crippen LogP contribution in [0.25, 0.3) is 11.1 Å². The molecule has 30 heavy (non-hydrogen) atoms. The van der Waals surface area contributed by atoms with Gasteiger partial charge in [0.25, 0.3) is 5.91 Å². The van der Waals surface area contributed by atoms with Crippen LogP contribution in [0.3, 0.4) is 0 Å². The van der Waals surface area contributed by atoms with Gasteiger partial charge in [-0.15, -0.1) is 0 Å². The van der Waals surface area contributed by atoms with E-state index < -0.39 is 12.1 Å². The molecule has 3 rings (SSSR count).